The van der Waals surface area contributed by atoms with E-state index in [2.05, 4.69) is 15.1 Å². The Morgan fingerprint density at radius 3 is 2.59 bits per heavy atom. The van der Waals surface area contributed by atoms with Crippen LogP contribution in [0.4, 0.5) is 4.39 Å². The molecular formula is C13H20FN3. The van der Waals surface area contributed by atoms with Crippen molar-refractivity contribution in [2.75, 3.05) is 40.3 Å². The second-order valence-corrected chi connectivity index (χ2v) is 4.68. The van der Waals surface area contributed by atoms with E-state index in [0.717, 1.165) is 31.7 Å². The Balaban J connectivity index is 2.21. The maximum Gasteiger partial charge on any atom is 0.123 e. The van der Waals surface area contributed by atoms with Gasteiger partial charge in [-0.15, -0.1) is 0 Å². The standard InChI is InChI=1S/C13H20FN3/c1-16(2)13(17-8-6-15-7-9-17)11-4-3-5-12(14)10-11/h3-5,10,13,15H,6-9H2,1-2H3. The predicted molar refractivity (Wildman–Crippen MR) is 67.3 cm³/mol. The van der Waals surface area contributed by atoms with Gasteiger partial charge < -0.3 is 5.32 Å². The fourth-order valence-electron chi connectivity index (χ4n) is 2.43. The van der Waals surface area contributed by atoms with Gasteiger partial charge in [-0.2, -0.15) is 0 Å². The molecule has 0 saturated carbocycles. The Morgan fingerprint density at radius 2 is 2.00 bits per heavy atom. The van der Waals surface area contributed by atoms with Gasteiger partial charge in [-0.1, -0.05) is 12.1 Å². The number of benzene rings is 1. The highest BCUT2D eigenvalue weighted by Gasteiger charge is 2.23. The van der Waals surface area contributed by atoms with Gasteiger partial charge in [-0.3, -0.25) is 9.80 Å². The van der Waals surface area contributed by atoms with Gasteiger partial charge in [0.2, 0.25) is 0 Å². The first kappa shape index (κ1) is 12.5. The summed E-state index contributed by atoms with van der Waals surface area (Å²) in [5, 5.41) is 3.34. The van der Waals surface area contributed by atoms with Gasteiger partial charge in [0.15, 0.2) is 0 Å². The minimum Gasteiger partial charge on any atom is -0.314 e. The first-order valence-corrected chi connectivity index (χ1v) is 6.05. The monoisotopic (exact) mass is 237 g/mol. The second-order valence-electron chi connectivity index (χ2n) is 4.68. The zero-order chi connectivity index (χ0) is 12.3. The van der Waals surface area contributed by atoms with E-state index in [9.17, 15) is 4.39 Å². The summed E-state index contributed by atoms with van der Waals surface area (Å²) in [5.74, 6) is -0.163. The van der Waals surface area contributed by atoms with Crippen molar-refractivity contribution in [3.63, 3.8) is 0 Å². The molecule has 1 aromatic rings. The maximum atomic E-state index is 13.3. The van der Waals surface area contributed by atoms with E-state index in [1.54, 1.807) is 12.1 Å². The van der Waals surface area contributed by atoms with E-state index in [1.807, 2.05) is 20.2 Å². The summed E-state index contributed by atoms with van der Waals surface area (Å²) < 4.78 is 13.3. The van der Waals surface area contributed by atoms with Crippen LogP contribution in [0.2, 0.25) is 0 Å². The van der Waals surface area contributed by atoms with Crippen molar-refractivity contribution >= 4 is 0 Å². The fraction of sp³-hybridized carbons (Fsp3) is 0.538. The molecule has 0 aliphatic carbocycles. The molecule has 0 radical (unpaired) electrons. The topological polar surface area (TPSA) is 18.5 Å². The molecule has 3 nitrogen and oxygen atoms in total. The zero-order valence-electron chi connectivity index (χ0n) is 10.5. The third kappa shape index (κ3) is 3.03. The molecule has 0 amide bonds. The van der Waals surface area contributed by atoms with Crippen LogP contribution < -0.4 is 5.32 Å². The average Bonchev–Trinajstić information content (AvgIpc) is 2.30. The van der Waals surface area contributed by atoms with Gasteiger partial charge in [0, 0.05) is 26.2 Å². The molecule has 17 heavy (non-hydrogen) atoms. The molecule has 1 saturated heterocycles. The van der Waals surface area contributed by atoms with Crippen LogP contribution in [0.5, 0.6) is 0 Å². The molecular weight excluding hydrogens is 217 g/mol. The lowest BCUT2D eigenvalue weighted by molar-refractivity contribution is 0.0671. The summed E-state index contributed by atoms with van der Waals surface area (Å²) in [6.07, 6.45) is 0.160. The first-order valence-electron chi connectivity index (χ1n) is 6.05. The van der Waals surface area contributed by atoms with Crippen molar-refractivity contribution in [1.29, 1.82) is 0 Å². The van der Waals surface area contributed by atoms with E-state index < -0.39 is 0 Å². The molecule has 0 bridgehead atoms. The minimum absolute atomic E-state index is 0.160. The number of piperazine rings is 1. The van der Waals surface area contributed by atoms with Crippen LogP contribution in [-0.4, -0.2) is 50.1 Å². The van der Waals surface area contributed by atoms with Crippen LogP contribution in [0.25, 0.3) is 0 Å². The van der Waals surface area contributed by atoms with Crippen molar-refractivity contribution in [2.24, 2.45) is 0 Å². The molecule has 4 heteroatoms. The molecule has 1 aliphatic rings. The Labute approximate surface area is 102 Å². The number of halogens is 1. The summed E-state index contributed by atoms with van der Waals surface area (Å²) in [6.45, 7) is 4.00. The average molecular weight is 237 g/mol. The van der Waals surface area contributed by atoms with Crippen LogP contribution in [0.1, 0.15) is 11.7 Å². The number of rotatable bonds is 3. The molecule has 1 unspecified atom stereocenters. The van der Waals surface area contributed by atoms with Crippen LogP contribution in [0.15, 0.2) is 24.3 Å². The first-order chi connectivity index (χ1) is 8.18. The summed E-state index contributed by atoms with van der Waals surface area (Å²) in [5.41, 5.74) is 1.02. The van der Waals surface area contributed by atoms with Crippen molar-refractivity contribution in [3.05, 3.63) is 35.6 Å². The van der Waals surface area contributed by atoms with E-state index in [0.29, 0.717) is 0 Å². The Kier molecular flexibility index (Phi) is 4.10. The molecule has 1 heterocycles. The number of nitrogens with zero attached hydrogens (tertiary/aromatic N) is 2. The van der Waals surface area contributed by atoms with E-state index in [4.69, 9.17) is 0 Å². The van der Waals surface area contributed by atoms with Crippen LogP contribution >= 0.6 is 0 Å². The lowest BCUT2D eigenvalue weighted by atomic mass is 10.1. The number of nitrogens with one attached hydrogen (secondary N) is 1. The zero-order valence-corrected chi connectivity index (χ0v) is 10.5. The minimum atomic E-state index is -0.163. The van der Waals surface area contributed by atoms with Crippen molar-refractivity contribution in [2.45, 2.75) is 6.17 Å². The summed E-state index contributed by atoms with van der Waals surface area (Å²) in [4.78, 5) is 4.52. The number of hydrogen-bond acceptors (Lipinski definition) is 3. The fourth-order valence-corrected chi connectivity index (χ4v) is 2.43. The normalized spacial score (nSPS) is 19.5. The highest BCUT2D eigenvalue weighted by atomic mass is 19.1. The van der Waals surface area contributed by atoms with Crippen LogP contribution in [0.3, 0.4) is 0 Å². The van der Waals surface area contributed by atoms with Crippen LogP contribution in [0, 0.1) is 5.82 Å². The molecule has 1 fully saturated rings. The Morgan fingerprint density at radius 1 is 1.29 bits per heavy atom. The highest BCUT2D eigenvalue weighted by molar-refractivity contribution is 5.20. The predicted octanol–water partition coefficient (Wildman–Crippen LogP) is 1.29. The Bertz CT molecular complexity index is 361. The van der Waals surface area contributed by atoms with E-state index in [1.165, 1.54) is 6.07 Å². The molecule has 1 aliphatic heterocycles. The van der Waals surface area contributed by atoms with Gasteiger partial charge in [0.05, 0.1) is 6.17 Å². The van der Waals surface area contributed by atoms with Crippen molar-refractivity contribution < 1.29 is 4.39 Å². The number of hydrogen-bond donors (Lipinski definition) is 1. The lowest BCUT2D eigenvalue weighted by Gasteiger charge is -2.38. The molecule has 1 N–H and O–H groups in total. The molecule has 94 valence electrons. The molecule has 0 spiro atoms. The van der Waals surface area contributed by atoms with Gasteiger partial charge >= 0.3 is 0 Å². The second kappa shape index (κ2) is 5.58. The third-order valence-corrected chi connectivity index (χ3v) is 3.13. The SMILES string of the molecule is CN(C)C(c1cccc(F)c1)N1CCNCC1. The lowest BCUT2D eigenvalue weighted by Crippen LogP contribution is -2.48. The summed E-state index contributed by atoms with van der Waals surface area (Å²) in [7, 11) is 4.08. The van der Waals surface area contributed by atoms with Crippen molar-refractivity contribution in [3.8, 4) is 0 Å². The van der Waals surface area contributed by atoms with Crippen molar-refractivity contribution in [1.82, 2.24) is 15.1 Å². The van der Waals surface area contributed by atoms with Gasteiger partial charge in [0.1, 0.15) is 5.82 Å². The van der Waals surface area contributed by atoms with Gasteiger partial charge in [-0.05, 0) is 31.8 Å². The van der Waals surface area contributed by atoms with E-state index >= 15 is 0 Å². The molecule has 2 rings (SSSR count). The molecule has 1 atom stereocenters. The smallest absolute Gasteiger partial charge is 0.123 e. The molecule has 0 aromatic heterocycles. The van der Waals surface area contributed by atoms with Gasteiger partial charge in [-0.25, -0.2) is 4.39 Å². The quantitative estimate of drug-likeness (QED) is 0.854. The van der Waals surface area contributed by atoms with Crippen LogP contribution in [-0.2, 0) is 0 Å². The Hall–Kier alpha value is -0.970. The summed E-state index contributed by atoms with van der Waals surface area (Å²) >= 11 is 0. The third-order valence-electron chi connectivity index (χ3n) is 3.13. The van der Waals surface area contributed by atoms with Gasteiger partial charge in [0.25, 0.3) is 0 Å². The summed E-state index contributed by atoms with van der Waals surface area (Å²) in [6, 6.07) is 6.90. The maximum absolute atomic E-state index is 13.3. The highest BCUT2D eigenvalue weighted by Crippen LogP contribution is 2.23. The molecule has 1 aromatic carbocycles. The van der Waals surface area contributed by atoms with E-state index in [-0.39, 0.29) is 12.0 Å². The largest absolute Gasteiger partial charge is 0.314 e.